The van der Waals surface area contributed by atoms with Crippen LogP contribution in [0.3, 0.4) is 0 Å². The third-order valence-electron chi connectivity index (χ3n) is 22.3. The number of ether oxygens (including phenoxy) is 6. The van der Waals surface area contributed by atoms with E-state index in [2.05, 4.69) is 52.2 Å². The van der Waals surface area contributed by atoms with Gasteiger partial charge >= 0.3 is 31.7 Å². The monoisotopic (exact) mass is 1610 g/mol. The summed E-state index contributed by atoms with van der Waals surface area (Å²) in [5.74, 6) is -3.15. The van der Waals surface area contributed by atoms with Gasteiger partial charge in [0.25, 0.3) is 0 Å². The maximum atomic E-state index is 14.9. The van der Waals surface area contributed by atoms with Crippen LogP contribution >= 0.6 is 7.82 Å². The minimum atomic E-state index is -5.48. The molecule has 1 saturated heterocycles. The van der Waals surface area contributed by atoms with Crippen LogP contribution in [0, 0.1) is 0 Å². The first-order valence-corrected chi connectivity index (χ1v) is 49.0. The van der Waals surface area contributed by atoms with E-state index in [1.54, 1.807) is 0 Å². The number of rotatable bonds is 84. The topological polar surface area (TPSA) is 269 Å². The Kier molecular flexibility index (Phi) is 74.1. The molecule has 660 valence electrons. The Morgan fingerprint density at radius 1 is 0.348 bits per heavy atom. The molecule has 0 radical (unpaired) electrons. The highest BCUT2D eigenvalue weighted by molar-refractivity contribution is 7.46. The van der Waals surface area contributed by atoms with Gasteiger partial charge in [0.15, 0.2) is 12.4 Å². The van der Waals surface area contributed by atoms with Gasteiger partial charge in [-0.2, -0.15) is 0 Å². The summed E-state index contributed by atoms with van der Waals surface area (Å²) in [6.45, 7) is 12.0. The van der Waals surface area contributed by atoms with E-state index in [-0.39, 0.29) is 57.1 Å². The molecule has 0 saturated carbocycles. The molecule has 0 aliphatic carbocycles. The first kappa shape index (κ1) is 107. The van der Waals surface area contributed by atoms with Crippen molar-refractivity contribution in [3.05, 3.63) is 0 Å². The lowest BCUT2D eigenvalue weighted by molar-refractivity contribution is -0.270. The molecular weight excluding hydrogens is 1440 g/mol. The number of carbonyl (C=O) groups is 6. The number of hydrogen-bond acceptors (Lipinski definition) is 15. The van der Waals surface area contributed by atoms with E-state index in [0.717, 1.165) is 148 Å². The van der Waals surface area contributed by atoms with Crippen molar-refractivity contribution >= 4 is 43.5 Å². The number of aliphatic hydroxyl groups is 1. The molecular formula is C92H175N2O17P. The zero-order valence-corrected chi connectivity index (χ0v) is 73.9. The van der Waals surface area contributed by atoms with Gasteiger partial charge in [-0.1, -0.05) is 388 Å². The molecule has 1 fully saturated rings. The van der Waals surface area contributed by atoms with Crippen LogP contribution in [0.2, 0.25) is 0 Å². The Morgan fingerprint density at radius 2 is 0.616 bits per heavy atom. The first-order chi connectivity index (χ1) is 54.5. The van der Waals surface area contributed by atoms with E-state index in [9.17, 15) is 48.2 Å². The zero-order chi connectivity index (χ0) is 81.9. The van der Waals surface area contributed by atoms with Gasteiger partial charge in [-0.15, -0.1) is 0 Å². The fourth-order valence-electron chi connectivity index (χ4n) is 15.4. The molecule has 2 amide bonds. The maximum absolute atomic E-state index is 14.9. The van der Waals surface area contributed by atoms with Gasteiger partial charge in [0, 0.05) is 25.8 Å². The summed E-state index contributed by atoms with van der Waals surface area (Å²) in [5.41, 5.74) is 0. The second kappa shape index (κ2) is 77.7. The third kappa shape index (κ3) is 65.8. The molecule has 0 bridgehead atoms. The molecule has 19 nitrogen and oxygen atoms in total. The summed E-state index contributed by atoms with van der Waals surface area (Å²) in [7, 11) is -5.48. The normalized spacial score (nSPS) is 16.6. The standard InChI is InChI=1S/C92H175N2O17P/c1-7-13-19-25-31-37-40-46-52-58-64-70-85(98)106-79(67-61-55-49-43-34-28-22-16-10-4)75-83(96)93-73-74-105-92-89(94-84(97)76-80(68-62-56-50-44-35-29-23-17-11-5)107-86(99)71-65-59-53-47-41-38-32-26-20-14-8-2)91(90(82(78-95)109-92)111-112(102,103)104)110-88(101)77-81(69-63-57-51-45-36-30-24-18-12-6)108-87(100)72-66-60-54-48-42-39-33-27-21-15-9-3/h79-82,89-92,95H,7-78H2,1-6H3,(H,93,96)(H,94,97)(H2,102,103,104)/t79-,80-,81-,82?,89?,90+,91-,92-/m1/s1. The van der Waals surface area contributed by atoms with E-state index in [1.165, 1.54) is 212 Å². The smallest absolute Gasteiger partial charge is 0.462 e. The number of esters is 4. The zero-order valence-electron chi connectivity index (χ0n) is 73.0. The molecule has 1 heterocycles. The van der Waals surface area contributed by atoms with Gasteiger partial charge in [-0.05, 0) is 57.8 Å². The Hall–Kier alpha value is -3.19. The van der Waals surface area contributed by atoms with Crippen LogP contribution in [0.5, 0.6) is 0 Å². The average molecular weight is 1610 g/mol. The van der Waals surface area contributed by atoms with Crippen molar-refractivity contribution in [2.24, 2.45) is 0 Å². The van der Waals surface area contributed by atoms with Gasteiger partial charge in [-0.25, -0.2) is 4.57 Å². The number of phosphoric acid groups is 1. The number of phosphoric ester groups is 1. The molecule has 112 heavy (non-hydrogen) atoms. The molecule has 20 heteroatoms. The molecule has 1 aliphatic rings. The van der Waals surface area contributed by atoms with Gasteiger partial charge in [-0.3, -0.25) is 33.3 Å². The van der Waals surface area contributed by atoms with Crippen molar-refractivity contribution in [3.63, 3.8) is 0 Å². The predicted molar refractivity (Wildman–Crippen MR) is 456 cm³/mol. The highest BCUT2D eigenvalue weighted by Crippen LogP contribution is 2.42. The molecule has 8 atom stereocenters. The van der Waals surface area contributed by atoms with Crippen molar-refractivity contribution < 1.29 is 81.2 Å². The van der Waals surface area contributed by atoms with Crippen LogP contribution in [-0.2, 0) is 66.3 Å². The second-order valence-corrected chi connectivity index (χ2v) is 34.4. The molecule has 0 aromatic rings. The van der Waals surface area contributed by atoms with E-state index in [4.69, 9.17) is 32.9 Å². The number of unbranched alkanes of at least 4 members (excludes halogenated alkanes) is 54. The Balaban J connectivity index is 3.68. The summed E-state index contributed by atoms with van der Waals surface area (Å²) >= 11 is 0. The Bertz CT molecular complexity index is 2240. The molecule has 1 aliphatic heterocycles. The molecule has 2 unspecified atom stereocenters. The number of aliphatic hydroxyl groups excluding tert-OH is 1. The van der Waals surface area contributed by atoms with E-state index >= 15 is 0 Å². The Morgan fingerprint density at radius 3 is 0.902 bits per heavy atom. The van der Waals surface area contributed by atoms with E-state index in [0.29, 0.717) is 44.9 Å². The van der Waals surface area contributed by atoms with Crippen molar-refractivity contribution in [3.8, 4) is 0 Å². The highest BCUT2D eigenvalue weighted by atomic mass is 31.2. The van der Waals surface area contributed by atoms with Gasteiger partial charge in [0.1, 0.15) is 36.6 Å². The number of carbonyl (C=O) groups excluding carboxylic acids is 6. The SMILES string of the molecule is CCCCCCCCCCCCCC(=O)O[C@H](CCCCCCCCCCC)CC(=O)NCCO[C@@H]1OC(CO)[C@H](OP(=O)(O)O)[C@H](OC(=O)C[C@@H](CCCCCCCCCCC)OC(=O)CCCCCCCCCCCCC)C1NC(=O)C[C@@H](CCCCCCCCCCC)OC(=O)CCCCCCCCCCCCC. The molecule has 5 N–H and O–H groups in total. The van der Waals surface area contributed by atoms with Crippen LogP contribution in [0.25, 0.3) is 0 Å². The fraction of sp³-hybridized carbons (Fsp3) is 0.935. The molecule has 0 aromatic carbocycles. The van der Waals surface area contributed by atoms with Crippen LogP contribution in [0.4, 0.5) is 0 Å². The lowest BCUT2D eigenvalue weighted by atomic mass is 9.96. The molecule has 1 rings (SSSR count). The van der Waals surface area contributed by atoms with Crippen LogP contribution < -0.4 is 10.6 Å². The fourth-order valence-corrected chi connectivity index (χ4v) is 16.0. The van der Waals surface area contributed by atoms with Gasteiger partial charge in [0.2, 0.25) is 11.8 Å². The van der Waals surface area contributed by atoms with E-state index < -0.39 is 93.6 Å². The summed E-state index contributed by atoms with van der Waals surface area (Å²) in [4.78, 5) is 106. The Labute approximate surface area is 685 Å². The quantitative estimate of drug-likeness (QED) is 0.0164. The summed E-state index contributed by atoms with van der Waals surface area (Å²) < 4.78 is 55.7. The largest absolute Gasteiger partial charge is 0.470 e. The number of hydrogen-bond donors (Lipinski definition) is 5. The van der Waals surface area contributed by atoms with Crippen molar-refractivity contribution in [1.29, 1.82) is 0 Å². The average Bonchev–Trinajstić information content (AvgIpc) is 0.781. The summed E-state index contributed by atoms with van der Waals surface area (Å²) in [6.07, 6.45) is 58.1. The lowest BCUT2D eigenvalue weighted by Crippen LogP contribution is -2.66. The maximum Gasteiger partial charge on any atom is 0.470 e. The highest BCUT2D eigenvalue weighted by Gasteiger charge is 2.52. The summed E-state index contributed by atoms with van der Waals surface area (Å²) in [5, 5.41) is 16.8. The minimum absolute atomic E-state index is 0.0789. The molecule has 0 aromatic heterocycles. The van der Waals surface area contributed by atoms with E-state index in [1.807, 2.05) is 0 Å². The third-order valence-corrected chi connectivity index (χ3v) is 22.9. The van der Waals surface area contributed by atoms with Crippen molar-refractivity contribution in [2.45, 2.75) is 534 Å². The number of amides is 2. The van der Waals surface area contributed by atoms with Crippen LogP contribution in [0.1, 0.15) is 485 Å². The van der Waals surface area contributed by atoms with Gasteiger partial charge < -0.3 is 53.9 Å². The first-order valence-electron chi connectivity index (χ1n) is 47.5. The second-order valence-electron chi connectivity index (χ2n) is 33.2. The molecule has 0 spiro atoms. The predicted octanol–water partition coefficient (Wildman–Crippen LogP) is 24.5. The minimum Gasteiger partial charge on any atom is -0.462 e. The van der Waals surface area contributed by atoms with Crippen molar-refractivity contribution in [2.75, 3.05) is 19.8 Å². The van der Waals surface area contributed by atoms with Crippen LogP contribution in [-0.4, -0.2) is 119 Å². The summed E-state index contributed by atoms with van der Waals surface area (Å²) in [6, 6.07) is -1.58. The van der Waals surface area contributed by atoms with Crippen molar-refractivity contribution in [1.82, 2.24) is 10.6 Å². The van der Waals surface area contributed by atoms with Gasteiger partial charge in [0.05, 0.1) is 32.5 Å². The lowest BCUT2D eigenvalue weighted by Gasteiger charge is -2.45. The van der Waals surface area contributed by atoms with Crippen LogP contribution in [0.15, 0.2) is 0 Å². The number of nitrogens with one attached hydrogen (secondary N) is 2.